The number of amides is 1. The molecule has 1 amide bonds. The number of imidazole rings is 1. The average molecular weight is 291 g/mol. The van der Waals surface area contributed by atoms with Gasteiger partial charge in [0.2, 0.25) is 5.91 Å². The van der Waals surface area contributed by atoms with Crippen LogP contribution < -0.4 is 0 Å². The maximum atomic E-state index is 12.0. The molecule has 4 nitrogen and oxygen atoms in total. The molecule has 1 aromatic carbocycles. The molecule has 0 aliphatic heterocycles. The molecule has 5 heteroatoms. The number of carbonyl (C=O) groups is 1. The van der Waals surface area contributed by atoms with E-state index in [0.29, 0.717) is 5.75 Å². The minimum atomic E-state index is 0.182. The summed E-state index contributed by atoms with van der Waals surface area (Å²) >= 11 is 1.63. The van der Waals surface area contributed by atoms with Gasteiger partial charge in [0.25, 0.3) is 0 Å². The number of fused-ring (bicyclic) bond motifs is 1. The van der Waals surface area contributed by atoms with Crippen LogP contribution in [0.3, 0.4) is 0 Å². The van der Waals surface area contributed by atoms with Gasteiger partial charge in [0.15, 0.2) is 0 Å². The van der Waals surface area contributed by atoms with Gasteiger partial charge in [0.05, 0.1) is 22.0 Å². The highest BCUT2D eigenvalue weighted by Gasteiger charge is 2.15. The van der Waals surface area contributed by atoms with Gasteiger partial charge >= 0.3 is 0 Å². The highest BCUT2D eigenvalue weighted by atomic mass is 32.2. The average Bonchev–Trinajstić information content (AvgIpc) is 2.90. The monoisotopic (exact) mass is 291 g/mol. The Morgan fingerprint density at radius 3 is 2.70 bits per heavy atom. The Labute approximate surface area is 124 Å². The van der Waals surface area contributed by atoms with Crippen LogP contribution >= 0.6 is 11.8 Å². The van der Waals surface area contributed by atoms with Gasteiger partial charge in [-0.1, -0.05) is 12.1 Å². The molecular weight excluding hydrogens is 270 g/mol. The zero-order valence-corrected chi connectivity index (χ0v) is 13.0. The summed E-state index contributed by atoms with van der Waals surface area (Å²) < 4.78 is 0. The lowest BCUT2D eigenvalue weighted by atomic mass is 10.3. The van der Waals surface area contributed by atoms with E-state index in [-0.39, 0.29) is 11.2 Å². The molecule has 1 heterocycles. The van der Waals surface area contributed by atoms with Crippen LogP contribution in [0.25, 0.3) is 11.0 Å². The van der Waals surface area contributed by atoms with Crippen molar-refractivity contribution in [2.45, 2.75) is 26.0 Å². The third-order valence-corrected chi connectivity index (χ3v) is 4.50. The summed E-state index contributed by atoms with van der Waals surface area (Å²) in [5, 5.41) is 0.182. The molecule has 0 fully saturated rings. The summed E-state index contributed by atoms with van der Waals surface area (Å²) in [5.74, 6) is 1.63. The maximum absolute atomic E-state index is 12.0. The Morgan fingerprint density at radius 2 is 2.05 bits per heavy atom. The smallest absolute Gasteiger partial charge is 0.232 e. The number of aromatic amines is 1. The van der Waals surface area contributed by atoms with E-state index < -0.39 is 0 Å². The first-order chi connectivity index (χ1) is 9.65. The predicted octanol–water partition coefficient (Wildman–Crippen LogP) is 3.23. The number of para-hydroxylation sites is 2. The molecule has 108 valence electrons. The summed E-state index contributed by atoms with van der Waals surface area (Å²) in [6.45, 7) is 7.64. The van der Waals surface area contributed by atoms with E-state index in [9.17, 15) is 4.79 Å². The first kappa shape index (κ1) is 14.9. The Kier molecular flexibility index (Phi) is 5.06. The van der Waals surface area contributed by atoms with Gasteiger partial charge in [-0.25, -0.2) is 4.98 Å². The van der Waals surface area contributed by atoms with Crippen LogP contribution in [0.5, 0.6) is 0 Å². The van der Waals surface area contributed by atoms with Gasteiger partial charge < -0.3 is 9.88 Å². The van der Waals surface area contributed by atoms with Crippen LogP contribution in [-0.2, 0) is 4.79 Å². The lowest BCUT2D eigenvalue weighted by molar-refractivity contribution is -0.127. The molecule has 2 aromatic rings. The van der Waals surface area contributed by atoms with Crippen molar-refractivity contribution < 1.29 is 4.79 Å². The van der Waals surface area contributed by atoms with Crippen LogP contribution in [0.4, 0.5) is 0 Å². The lowest BCUT2D eigenvalue weighted by Crippen LogP contribution is -2.32. The van der Waals surface area contributed by atoms with E-state index in [1.165, 1.54) is 0 Å². The molecule has 0 saturated heterocycles. The van der Waals surface area contributed by atoms with E-state index in [1.54, 1.807) is 11.8 Å². The number of hydrogen-bond acceptors (Lipinski definition) is 3. The van der Waals surface area contributed by atoms with Gasteiger partial charge in [-0.3, -0.25) is 4.79 Å². The summed E-state index contributed by atoms with van der Waals surface area (Å²) in [5.41, 5.74) is 2.02. The summed E-state index contributed by atoms with van der Waals surface area (Å²) in [7, 11) is 0. The highest BCUT2D eigenvalue weighted by Crippen LogP contribution is 2.27. The third kappa shape index (κ3) is 3.33. The number of aromatic nitrogens is 2. The Balaban J connectivity index is 1.98. The quantitative estimate of drug-likeness (QED) is 0.889. The normalized spacial score (nSPS) is 12.6. The Bertz CT molecular complexity index is 544. The van der Waals surface area contributed by atoms with Gasteiger partial charge in [0, 0.05) is 13.1 Å². The molecule has 0 aliphatic rings. The summed E-state index contributed by atoms with van der Waals surface area (Å²) in [6.07, 6.45) is 0. The predicted molar refractivity (Wildman–Crippen MR) is 84.9 cm³/mol. The van der Waals surface area contributed by atoms with Gasteiger partial charge in [-0.2, -0.15) is 0 Å². The molecule has 0 radical (unpaired) electrons. The van der Waals surface area contributed by atoms with Crippen molar-refractivity contribution in [1.82, 2.24) is 14.9 Å². The fourth-order valence-electron chi connectivity index (χ4n) is 2.11. The first-order valence-electron chi connectivity index (χ1n) is 6.99. The number of benzene rings is 1. The molecule has 1 unspecified atom stereocenters. The second-order valence-corrected chi connectivity index (χ2v) is 5.99. The van der Waals surface area contributed by atoms with E-state index in [2.05, 4.69) is 16.9 Å². The van der Waals surface area contributed by atoms with E-state index in [1.807, 2.05) is 43.0 Å². The SMILES string of the molecule is CCN(CC)C(=O)CSC(C)c1nc2ccccc2[nH]1. The number of carbonyl (C=O) groups excluding carboxylic acids is 1. The number of rotatable bonds is 6. The van der Waals surface area contributed by atoms with Crippen molar-refractivity contribution in [1.29, 1.82) is 0 Å². The molecule has 20 heavy (non-hydrogen) atoms. The van der Waals surface area contributed by atoms with E-state index >= 15 is 0 Å². The number of thioether (sulfide) groups is 1. The molecular formula is C15H21N3OS. The number of hydrogen-bond donors (Lipinski definition) is 1. The zero-order chi connectivity index (χ0) is 14.5. The van der Waals surface area contributed by atoms with Crippen LogP contribution in [0, 0.1) is 0 Å². The molecule has 0 saturated carbocycles. The van der Waals surface area contributed by atoms with E-state index in [0.717, 1.165) is 29.9 Å². The largest absolute Gasteiger partial charge is 0.343 e. The zero-order valence-electron chi connectivity index (χ0n) is 12.2. The highest BCUT2D eigenvalue weighted by molar-refractivity contribution is 8.00. The molecule has 1 N–H and O–H groups in total. The minimum absolute atomic E-state index is 0.182. The summed E-state index contributed by atoms with van der Waals surface area (Å²) in [6, 6.07) is 7.98. The molecule has 0 spiro atoms. The molecule has 1 atom stereocenters. The van der Waals surface area contributed by atoms with Crippen LogP contribution in [0.1, 0.15) is 31.8 Å². The van der Waals surface area contributed by atoms with Crippen molar-refractivity contribution >= 4 is 28.7 Å². The van der Waals surface area contributed by atoms with Gasteiger partial charge in [0.1, 0.15) is 5.82 Å². The lowest BCUT2D eigenvalue weighted by Gasteiger charge is -2.19. The molecule has 2 rings (SSSR count). The van der Waals surface area contributed by atoms with Crippen molar-refractivity contribution in [3.63, 3.8) is 0 Å². The Morgan fingerprint density at radius 1 is 1.35 bits per heavy atom. The fraction of sp³-hybridized carbons (Fsp3) is 0.467. The maximum Gasteiger partial charge on any atom is 0.232 e. The topological polar surface area (TPSA) is 49.0 Å². The first-order valence-corrected chi connectivity index (χ1v) is 8.04. The van der Waals surface area contributed by atoms with Crippen molar-refractivity contribution in [2.24, 2.45) is 0 Å². The van der Waals surface area contributed by atoms with Crippen molar-refractivity contribution in [3.8, 4) is 0 Å². The standard InChI is InChI=1S/C15H21N3OS/c1-4-18(5-2)14(19)10-20-11(3)15-16-12-8-6-7-9-13(12)17-15/h6-9,11H,4-5,10H2,1-3H3,(H,16,17). The number of nitrogens with one attached hydrogen (secondary N) is 1. The number of H-pyrrole nitrogens is 1. The van der Waals surface area contributed by atoms with E-state index in [4.69, 9.17) is 0 Å². The van der Waals surface area contributed by atoms with Crippen LogP contribution in [0.2, 0.25) is 0 Å². The van der Waals surface area contributed by atoms with Gasteiger partial charge in [-0.15, -0.1) is 11.8 Å². The molecule has 0 bridgehead atoms. The fourth-order valence-corrected chi connectivity index (χ4v) is 2.95. The van der Waals surface area contributed by atoms with Crippen molar-refractivity contribution in [2.75, 3.05) is 18.8 Å². The third-order valence-electron chi connectivity index (χ3n) is 3.37. The molecule has 1 aromatic heterocycles. The van der Waals surface area contributed by atoms with Crippen LogP contribution in [-0.4, -0.2) is 39.6 Å². The minimum Gasteiger partial charge on any atom is -0.343 e. The Hall–Kier alpha value is -1.49. The van der Waals surface area contributed by atoms with Crippen molar-refractivity contribution in [3.05, 3.63) is 30.1 Å². The second-order valence-electron chi connectivity index (χ2n) is 4.66. The number of nitrogens with zero attached hydrogens (tertiary/aromatic N) is 2. The second kappa shape index (κ2) is 6.79. The van der Waals surface area contributed by atoms with Gasteiger partial charge in [-0.05, 0) is 32.9 Å². The molecule has 0 aliphatic carbocycles. The summed E-state index contributed by atoms with van der Waals surface area (Å²) in [4.78, 5) is 21.7. The van der Waals surface area contributed by atoms with Crippen LogP contribution in [0.15, 0.2) is 24.3 Å².